The van der Waals surface area contributed by atoms with Crippen LogP contribution >= 0.6 is 0 Å². The Hall–Kier alpha value is -1.55. The maximum atomic E-state index is 12.0. The second kappa shape index (κ2) is 6.57. The molecule has 1 aliphatic heterocycles. The third kappa shape index (κ3) is 3.70. The SMILES string of the molecule is CCc1cc(NC(=O)CC2CCNC2)ccc1OC. The number of carbonyl (C=O) groups excluding carboxylic acids is 1. The quantitative estimate of drug-likeness (QED) is 0.855. The molecule has 1 heterocycles. The summed E-state index contributed by atoms with van der Waals surface area (Å²) in [6.45, 7) is 4.06. The minimum atomic E-state index is 0.0981. The van der Waals surface area contributed by atoms with Gasteiger partial charge in [0.25, 0.3) is 0 Å². The molecule has 2 N–H and O–H groups in total. The molecule has 1 fully saturated rings. The van der Waals surface area contributed by atoms with E-state index in [4.69, 9.17) is 4.74 Å². The van der Waals surface area contributed by atoms with Crippen molar-refractivity contribution in [3.8, 4) is 5.75 Å². The van der Waals surface area contributed by atoms with Crippen LogP contribution < -0.4 is 15.4 Å². The van der Waals surface area contributed by atoms with Crippen molar-refractivity contribution < 1.29 is 9.53 Å². The van der Waals surface area contributed by atoms with Gasteiger partial charge in [-0.05, 0) is 55.6 Å². The van der Waals surface area contributed by atoms with E-state index < -0.39 is 0 Å². The Morgan fingerprint density at radius 2 is 2.37 bits per heavy atom. The number of hydrogen-bond donors (Lipinski definition) is 2. The summed E-state index contributed by atoms with van der Waals surface area (Å²) in [7, 11) is 1.67. The van der Waals surface area contributed by atoms with Gasteiger partial charge < -0.3 is 15.4 Å². The van der Waals surface area contributed by atoms with Gasteiger partial charge in [0.15, 0.2) is 0 Å². The van der Waals surface area contributed by atoms with E-state index in [0.717, 1.165) is 42.9 Å². The molecule has 1 amide bonds. The fraction of sp³-hybridized carbons (Fsp3) is 0.533. The van der Waals surface area contributed by atoms with Gasteiger partial charge in [-0.1, -0.05) is 6.92 Å². The second-order valence-electron chi connectivity index (χ2n) is 4.99. The number of rotatable bonds is 5. The number of amides is 1. The van der Waals surface area contributed by atoms with Gasteiger partial charge in [-0.25, -0.2) is 0 Å². The number of carbonyl (C=O) groups is 1. The fourth-order valence-corrected chi connectivity index (χ4v) is 2.50. The second-order valence-corrected chi connectivity index (χ2v) is 4.99. The molecule has 1 aromatic carbocycles. The first-order valence-electron chi connectivity index (χ1n) is 6.90. The predicted molar refractivity (Wildman–Crippen MR) is 76.6 cm³/mol. The van der Waals surface area contributed by atoms with Gasteiger partial charge in [0.05, 0.1) is 7.11 Å². The first-order valence-corrected chi connectivity index (χ1v) is 6.90. The van der Waals surface area contributed by atoms with Gasteiger partial charge in [0.2, 0.25) is 5.91 Å². The van der Waals surface area contributed by atoms with Crippen molar-refractivity contribution in [2.45, 2.75) is 26.2 Å². The number of nitrogens with one attached hydrogen (secondary N) is 2. The van der Waals surface area contributed by atoms with E-state index in [1.807, 2.05) is 18.2 Å². The lowest BCUT2D eigenvalue weighted by Gasteiger charge is -2.12. The third-order valence-electron chi connectivity index (χ3n) is 3.58. The maximum Gasteiger partial charge on any atom is 0.224 e. The number of aryl methyl sites for hydroxylation is 1. The van der Waals surface area contributed by atoms with Crippen LogP contribution in [0.15, 0.2) is 18.2 Å². The number of anilines is 1. The molecule has 0 aromatic heterocycles. The molecule has 19 heavy (non-hydrogen) atoms. The average Bonchev–Trinajstić information content (AvgIpc) is 2.91. The summed E-state index contributed by atoms with van der Waals surface area (Å²) in [6.07, 6.45) is 2.58. The van der Waals surface area contributed by atoms with Crippen LogP contribution in [0.4, 0.5) is 5.69 Å². The van der Waals surface area contributed by atoms with Crippen LogP contribution in [-0.2, 0) is 11.2 Å². The zero-order valence-corrected chi connectivity index (χ0v) is 11.7. The van der Waals surface area contributed by atoms with Crippen molar-refractivity contribution in [3.05, 3.63) is 23.8 Å². The first-order chi connectivity index (χ1) is 9.22. The monoisotopic (exact) mass is 262 g/mol. The molecule has 4 heteroatoms. The number of hydrogen-bond acceptors (Lipinski definition) is 3. The molecule has 0 radical (unpaired) electrons. The van der Waals surface area contributed by atoms with Crippen molar-refractivity contribution in [1.29, 1.82) is 0 Å². The Labute approximate surface area is 114 Å². The molecule has 104 valence electrons. The molecule has 1 atom stereocenters. The van der Waals surface area contributed by atoms with E-state index in [1.54, 1.807) is 7.11 Å². The van der Waals surface area contributed by atoms with E-state index in [2.05, 4.69) is 17.6 Å². The Kier molecular flexibility index (Phi) is 4.80. The lowest BCUT2D eigenvalue weighted by molar-refractivity contribution is -0.116. The highest BCUT2D eigenvalue weighted by Crippen LogP contribution is 2.23. The summed E-state index contributed by atoms with van der Waals surface area (Å²) in [6, 6.07) is 5.79. The predicted octanol–water partition coefficient (Wildman–Crippen LogP) is 2.20. The van der Waals surface area contributed by atoms with Gasteiger partial charge in [0.1, 0.15) is 5.75 Å². The maximum absolute atomic E-state index is 12.0. The minimum absolute atomic E-state index is 0.0981. The van der Waals surface area contributed by atoms with Crippen molar-refractivity contribution in [1.82, 2.24) is 5.32 Å². The van der Waals surface area contributed by atoms with Crippen LogP contribution in [0.1, 0.15) is 25.3 Å². The molecule has 0 saturated carbocycles. The van der Waals surface area contributed by atoms with Crippen LogP contribution in [0.2, 0.25) is 0 Å². The average molecular weight is 262 g/mol. The Morgan fingerprint density at radius 3 is 3.00 bits per heavy atom. The van der Waals surface area contributed by atoms with E-state index in [9.17, 15) is 4.79 Å². The van der Waals surface area contributed by atoms with Gasteiger partial charge in [-0.2, -0.15) is 0 Å². The van der Waals surface area contributed by atoms with E-state index in [1.165, 1.54) is 0 Å². The smallest absolute Gasteiger partial charge is 0.224 e. The Balaban J connectivity index is 1.96. The molecule has 0 aliphatic carbocycles. The largest absolute Gasteiger partial charge is 0.496 e. The van der Waals surface area contributed by atoms with Gasteiger partial charge in [-0.15, -0.1) is 0 Å². The molecule has 1 unspecified atom stereocenters. The summed E-state index contributed by atoms with van der Waals surface area (Å²) >= 11 is 0. The molecule has 0 bridgehead atoms. The minimum Gasteiger partial charge on any atom is -0.496 e. The zero-order chi connectivity index (χ0) is 13.7. The van der Waals surface area contributed by atoms with E-state index in [0.29, 0.717) is 12.3 Å². The summed E-state index contributed by atoms with van der Waals surface area (Å²) in [5.74, 6) is 1.45. The Morgan fingerprint density at radius 1 is 1.53 bits per heavy atom. The van der Waals surface area contributed by atoms with E-state index >= 15 is 0 Å². The van der Waals surface area contributed by atoms with Gasteiger partial charge in [-0.3, -0.25) is 4.79 Å². The third-order valence-corrected chi connectivity index (χ3v) is 3.58. The summed E-state index contributed by atoms with van der Waals surface area (Å²) in [4.78, 5) is 12.0. The lowest BCUT2D eigenvalue weighted by atomic mass is 10.0. The van der Waals surface area contributed by atoms with Gasteiger partial charge in [0, 0.05) is 12.1 Å². The number of benzene rings is 1. The van der Waals surface area contributed by atoms with Crippen LogP contribution in [-0.4, -0.2) is 26.1 Å². The summed E-state index contributed by atoms with van der Waals surface area (Å²) in [5, 5.41) is 6.25. The molecule has 1 aliphatic rings. The van der Waals surface area contributed by atoms with Gasteiger partial charge >= 0.3 is 0 Å². The zero-order valence-electron chi connectivity index (χ0n) is 11.7. The fourth-order valence-electron chi connectivity index (χ4n) is 2.50. The number of methoxy groups -OCH3 is 1. The van der Waals surface area contributed by atoms with E-state index in [-0.39, 0.29) is 5.91 Å². The molecule has 2 rings (SSSR count). The highest BCUT2D eigenvalue weighted by atomic mass is 16.5. The molecule has 1 aromatic rings. The van der Waals surface area contributed by atoms with Crippen LogP contribution in [0.3, 0.4) is 0 Å². The molecule has 4 nitrogen and oxygen atoms in total. The van der Waals surface area contributed by atoms with Crippen molar-refractivity contribution in [3.63, 3.8) is 0 Å². The van der Waals surface area contributed by atoms with Crippen molar-refractivity contribution in [2.75, 3.05) is 25.5 Å². The molecule has 0 spiro atoms. The lowest BCUT2D eigenvalue weighted by Crippen LogP contribution is -2.18. The standard InChI is InChI=1S/C15H22N2O2/c1-3-12-9-13(4-5-14(12)19-2)17-15(18)8-11-6-7-16-10-11/h4-5,9,11,16H,3,6-8,10H2,1-2H3,(H,17,18). The highest BCUT2D eigenvalue weighted by Gasteiger charge is 2.18. The summed E-state index contributed by atoms with van der Waals surface area (Å²) < 4.78 is 5.28. The van der Waals surface area contributed by atoms with Crippen LogP contribution in [0, 0.1) is 5.92 Å². The molecular weight excluding hydrogens is 240 g/mol. The normalized spacial score (nSPS) is 18.3. The Bertz CT molecular complexity index is 440. The number of ether oxygens (including phenoxy) is 1. The highest BCUT2D eigenvalue weighted by molar-refractivity contribution is 5.91. The topological polar surface area (TPSA) is 50.4 Å². The summed E-state index contributed by atoms with van der Waals surface area (Å²) in [5.41, 5.74) is 1.97. The molecular formula is C15H22N2O2. The van der Waals surface area contributed by atoms with Crippen molar-refractivity contribution in [2.24, 2.45) is 5.92 Å². The molecule has 1 saturated heterocycles. The van der Waals surface area contributed by atoms with Crippen LogP contribution in [0.5, 0.6) is 5.75 Å². The van der Waals surface area contributed by atoms with Crippen molar-refractivity contribution >= 4 is 11.6 Å². The first kappa shape index (κ1) is 13.9. The van der Waals surface area contributed by atoms with Crippen LogP contribution in [0.25, 0.3) is 0 Å².